The van der Waals surface area contributed by atoms with Gasteiger partial charge < -0.3 is 10.1 Å². The Morgan fingerprint density at radius 1 is 1.23 bits per heavy atom. The molecule has 0 unspecified atom stereocenters. The van der Waals surface area contributed by atoms with Crippen LogP contribution >= 0.6 is 0 Å². The SMILES string of the molecule is CC(C)(C)OC(=O)c1cccnc1NC(=O)C1CCCCC1. The summed E-state index contributed by atoms with van der Waals surface area (Å²) in [5.74, 6) is -0.225. The highest BCUT2D eigenvalue weighted by Gasteiger charge is 2.25. The molecule has 1 saturated carbocycles. The van der Waals surface area contributed by atoms with E-state index in [1.54, 1.807) is 18.3 Å². The van der Waals surface area contributed by atoms with Crippen LogP contribution < -0.4 is 5.32 Å². The van der Waals surface area contributed by atoms with E-state index < -0.39 is 11.6 Å². The maximum Gasteiger partial charge on any atom is 0.342 e. The van der Waals surface area contributed by atoms with Gasteiger partial charge in [0.2, 0.25) is 5.91 Å². The van der Waals surface area contributed by atoms with Gasteiger partial charge in [-0.3, -0.25) is 4.79 Å². The lowest BCUT2D eigenvalue weighted by atomic mass is 9.88. The van der Waals surface area contributed by atoms with Crippen molar-refractivity contribution in [1.82, 2.24) is 4.98 Å². The number of carbonyl (C=O) groups excluding carboxylic acids is 2. The van der Waals surface area contributed by atoms with Crippen molar-refractivity contribution < 1.29 is 14.3 Å². The van der Waals surface area contributed by atoms with Gasteiger partial charge in [0.1, 0.15) is 17.0 Å². The first-order chi connectivity index (χ1) is 10.4. The number of ether oxygens (including phenoxy) is 1. The van der Waals surface area contributed by atoms with E-state index in [4.69, 9.17) is 4.74 Å². The molecule has 0 bridgehead atoms. The fourth-order valence-corrected chi connectivity index (χ4v) is 2.59. The molecule has 0 radical (unpaired) electrons. The summed E-state index contributed by atoms with van der Waals surface area (Å²) in [6.07, 6.45) is 6.72. The van der Waals surface area contributed by atoms with Crippen molar-refractivity contribution in [3.05, 3.63) is 23.9 Å². The maximum absolute atomic E-state index is 12.3. The Balaban J connectivity index is 2.10. The van der Waals surface area contributed by atoms with Crippen molar-refractivity contribution in [2.45, 2.75) is 58.5 Å². The molecule has 1 aromatic heterocycles. The van der Waals surface area contributed by atoms with Gasteiger partial charge in [-0.2, -0.15) is 0 Å². The summed E-state index contributed by atoms with van der Waals surface area (Å²) in [6, 6.07) is 3.28. The predicted octanol–water partition coefficient (Wildman–Crippen LogP) is 3.56. The van der Waals surface area contributed by atoms with Gasteiger partial charge in [-0.1, -0.05) is 19.3 Å². The van der Waals surface area contributed by atoms with Crippen molar-refractivity contribution in [2.24, 2.45) is 5.92 Å². The third kappa shape index (κ3) is 4.55. The van der Waals surface area contributed by atoms with E-state index >= 15 is 0 Å². The molecule has 0 spiro atoms. The molecule has 2 rings (SSSR count). The smallest absolute Gasteiger partial charge is 0.342 e. The lowest BCUT2D eigenvalue weighted by molar-refractivity contribution is -0.120. The third-order valence-electron chi connectivity index (χ3n) is 3.64. The molecule has 0 aliphatic heterocycles. The van der Waals surface area contributed by atoms with E-state index in [9.17, 15) is 9.59 Å². The number of aromatic nitrogens is 1. The average molecular weight is 304 g/mol. The van der Waals surface area contributed by atoms with Gasteiger partial charge in [0.25, 0.3) is 0 Å². The summed E-state index contributed by atoms with van der Waals surface area (Å²) in [5.41, 5.74) is -0.293. The van der Waals surface area contributed by atoms with Gasteiger partial charge in [-0.25, -0.2) is 9.78 Å². The molecule has 1 N–H and O–H groups in total. The number of hydrogen-bond acceptors (Lipinski definition) is 4. The van der Waals surface area contributed by atoms with Crippen molar-refractivity contribution in [2.75, 3.05) is 5.32 Å². The molecule has 0 aromatic carbocycles. The topological polar surface area (TPSA) is 68.3 Å². The number of esters is 1. The highest BCUT2D eigenvalue weighted by atomic mass is 16.6. The zero-order chi connectivity index (χ0) is 16.2. The number of nitrogens with one attached hydrogen (secondary N) is 1. The molecule has 22 heavy (non-hydrogen) atoms. The van der Waals surface area contributed by atoms with E-state index in [1.807, 2.05) is 20.8 Å². The Kier molecular flexibility index (Phi) is 5.16. The van der Waals surface area contributed by atoms with Crippen molar-refractivity contribution >= 4 is 17.7 Å². The predicted molar refractivity (Wildman–Crippen MR) is 84.6 cm³/mol. The first kappa shape index (κ1) is 16.5. The standard InChI is InChI=1S/C17H24N2O3/c1-17(2,3)22-16(21)13-10-7-11-18-14(13)19-15(20)12-8-5-4-6-9-12/h7,10-12H,4-6,8-9H2,1-3H3,(H,18,19,20). The molecule has 1 aliphatic rings. The number of pyridine rings is 1. The van der Waals surface area contributed by atoms with E-state index in [2.05, 4.69) is 10.3 Å². The Morgan fingerprint density at radius 3 is 2.55 bits per heavy atom. The summed E-state index contributed by atoms with van der Waals surface area (Å²) in [4.78, 5) is 28.7. The van der Waals surface area contributed by atoms with Gasteiger partial charge in [0, 0.05) is 12.1 Å². The van der Waals surface area contributed by atoms with Crippen LogP contribution in [0.15, 0.2) is 18.3 Å². The third-order valence-corrected chi connectivity index (χ3v) is 3.64. The van der Waals surface area contributed by atoms with Crippen LogP contribution in [-0.2, 0) is 9.53 Å². The monoisotopic (exact) mass is 304 g/mol. The molecule has 0 saturated heterocycles. The molecule has 1 amide bonds. The first-order valence-corrected chi connectivity index (χ1v) is 7.86. The van der Waals surface area contributed by atoms with Gasteiger partial charge >= 0.3 is 5.97 Å². The second kappa shape index (κ2) is 6.90. The van der Waals surface area contributed by atoms with E-state index in [0.29, 0.717) is 5.56 Å². The fraction of sp³-hybridized carbons (Fsp3) is 0.588. The van der Waals surface area contributed by atoms with Crippen LogP contribution in [0.3, 0.4) is 0 Å². The second-order valence-corrected chi connectivity index (χ2v) is 6.73. The maximum atomic E-state index is 12.3. The largest absolute Gasteiger partial charge is 0.456 e. The van der Waals surface area contributed by atoms with Gasteiger partial charge in [0.05, 0.1) is 0 Å². The zero-order valence-corrected chi connectivity index (χ0v) is 13.5. The first-order valence-electron chi connectivity index (χ1n) is 7.86. The van der Waals surface area contributed by atoms with Crippen LogP contribution in [0.2, 0.25) is 0 Å². The van der Waals surface area contributed by atoms with E-state index in [1.165, 1.54) is 6.42 Å². The lowest BCUT2D eigenvalue weighted by Crippen LogP contribution is -2.28. The molecule has 0 atom stereocenters. The number of amides is 1. The van der Waals surface area contributed by atoms with E-state index in [0.717, 1.165) is 25.7 Å². The van der Waals surface area contributed by atoms with Crippen molar-refractivity contribution in [3.8, 4) is 0 Å². The molecule has 1 aromatic rings. The van der Waals surface area contributed by atoms with Gasteiger partial charge in [0.15, 0.2) is 0 Å². The number of rotatable bonds is 3. The molecular weight excluding hydrogens is 280 g/mol. The highest BCUT2D eigenvalue weighted by molar-refractivity contribution is 6.00. The Morgan fingerprint density at radius 2 is 1.91 bits per heavy atom. The number of hydrogen-bond donors (Lipinski definition) is 1. The minimum Gasteiger partial charge on any atom is -0.456 e. The summed E-state index contributed by atoms with van der Waals surface area (Å²) in [5, 5.41) is 2.80. The number of carbonyl (C=O) groups is 2. The van der Waals surface area contributed by atoms with Crippen LogP contribution in [0.4, 0.5) is 5.82 Å². The van der Waals surface area contributed by atoms with Crippen LogP contribution in [0.25, 0.3) is 0 Å². The fourth-order valence-electron chi connectivity index (χ4n) is 2.59. The zero-order valence-electron chi connectivity index (χ0n) is 13.5. The summed E-state index contributed by atoms with van der Waals surface area (Å²) in [7, 11) is 0. The Bertz CT molecular complexity index is 543. The van der Waals surface area contributed by atoms with Crippen LogP contribution in [0, 0.1) is 5.92 Å². The van der Waals surface area contributed by atoms with E-state index in [-0.39, 0.29) is 17.6 Å². The molecule has 5 heteroatoms. The Hall–Kier alpha value is -1.91. The minimum absolute atomic E-state index is 0.0160. The molecule has 1 fully saturated rings. The van der Waals surface area contributed by atoms with Gasteiger partial charge in [-0.05, 0) is 45.7 Å². The van der Waals surface area contributed by atoms with Crippen LogP contribution in [0.5, 0.6) is 0 Å². The second-order valence-electron chi connectivity index (χ2n) is 6.73. The average Bonchev–Trinajstić information content (AvgIpc) is 2.47. The molecular formula is C17H24N2O3. The number of nitrogens with zero attached hydrogens (tertiary/aromatic N) is 1. The normalized spacial score (nSPS) is 16.1. The molecule has 5 nitrogen and oxygen atoms in total. The summed E-state index contributed by atoms with van der Waals surface area (Å²) >= 11 is 0. The lowest BCUT2D eigenvalue weighted by Gasteiger charge is -2.22. The van der Waals surface area contributed by atoms with Crippen LogP contribution in [0.1, 0.15) is 63.2 Å². The quantitative estimate of drug-likeness (QED) is 0.867. The van der Waals surface area contributed by atoms with Crippen molar-refractivity contribution in [3.63, 3.8) is 0 Å². The number of anilines is 1. The molecule has 1 aliphatic carbocycles. The highest BCUT2D eigenvalue weighted by Crippen LogP contribution is 2.25. The summed E-state index contributed by atoms with van der Waals surface area (Å²) in [6.45, 7) is 5.42. The van der Waals surface area contributed by atoms with Gasteiger partial charge in [-0.15, -0.1) is 0 Å². The minimum atomic E-state index is -0.586. The summed E-state index contributed by atoms with van der Waals surface area (Å²) < 4.78 is 5.36. The molecule has 120 valence electrons. The van der Waals surface area contributed by atoms with Crippen LogP contribution in [-0.4, -0.2) is 22.5 Å². The van der Waals surface area contributed by atoms with Crippen molar-refractivity contribution in [1.29, 1.82) is 0 Å². The molecule has 1 heterocycles. The Labute approximate surface area is 131 Å².